The van der Waals surface area contributed by atoms with Crippen LogP contribution in [0.5, 0.6) is 0 Å². The van der Waals surface area contributed by atoms with Crippen LogP contribution in [0.2, 0.25) is 0 Å². The first-order chi connectivity index (χ1) is 3.84. The van der Waals surface area contributed by atoms with Crippen molar-refractivity contribution in [3.8, 4) is 0 Å². The van der Waals surface area contributed by atoms with Crippen molar-refractivity contribution in [2.75, 3.05) is 6.54 Å². The summed E-state index contributed by atoms with van der Waals surface area (Å²) in [5.74, 6) is 0.208. The monoisotopic (exact) mass is 169 g/mol. The Kier molecular flexibility index (Phi) is 8.17. The molecule has 0 saturated carbocycles. The zero-order chi connectivity index (χ0) is 5.98. The molecule has 1 fully saturated rings. The Bertz CT molecular complexity index is 129. The van der Waals surface area contributed by atoms with E-state index in [1.165, 1.54) is 0 Å². The molecule has 0 radical (unpaired) electrons. The molecule has 0 bridgehead atoms. The molecular formula is C6H9ClNNaO. The fraction of sp³-hybridized carbons (Fsp3) is 0.500. The summed E-state index contributed by atoms with van der Waals surface area (Å²) in [4.78, 5) is 12.3. The zero-order valence-electron chi connectivity index (χ0n) is 6.14. The molecule has 0 spiro atoms. The molecule has 1 amide bonds. The molecule has 0 aliphatic carbocycles. The molecule has 2 nitrogen and oxygen atoms in total. The van der Waals surface area contributed by atoms with Crippen LogP contribution in [0.15, 0.2) is 12.8 Å². The number of hydrogen-bond donors (Lipinski definition) is 0. The van der Waals surface area contributed by atoms with Crippen molar-refractivity contribution in [1.82, 2.24) is 4.90 Å². The third-order valence-corrected chi connectivity index (χ3v) is 1.33. The van der Waals surface area contributed by atoms with Gasteiger partial charge in [0.2, 0.25) is 5.91 Å². The first kappa shape index (κ1) is 13.1. The molecule has 1 saturated heterocycles. The average molecular weight is 170 g/mol. The maximum absolute atomic E-state index is 10.7. The number of hydrogen-bond acceptors (Lipinski definition) is 1. The van der Waals surface area contributed by atoms with Crippen LogP contribution < -0.4 is 42.0 Å². The Hall–Kier alpha value is 0.500. The predicted molar refractivity (Wildman–Crippen MR) is 31.1 cm³/mol. The largest absolute Gasteiger partial charge is 1.00 e. The van der Waals surface area contributed by atoms with E-state index in [0.717, 1.165) is 13.0 Å². The topological polar surface area (TPSA) is 20.3 Å². The number of halogens is 1. The normalized spacial score (nSPS) is 15.6. The van der Waals surface area contributed by atoms with Gasteiger partial charge in [0.1, 0.15) is 0 Å². The van der Waals surface area contributed by atoms with Gasteiger partial charge in [0, 0.05) is 13.0 Å². The van der Waals surface area contributed by atoms with Crippen molar-refractivity contribution < 1.29 is 46.8 Å². The van der Waals surface area contributed by atoms with Crippen molar-refractivity contribution in [1.29, 1.82) is 0 Å². The molecule has 1 aliphatic rings. The maximum atomic E-state index is 10.7. The molecule has 0 atom stereocenters. The summed E-state index contributed by atoms with van der Waals surface area (Å²) < 4.78 is 0. The summed E-state index contributed by atoms with van der Waals surface area (Å²) in [5.41, 5.74) is 0. The second-order valence-corrected chi connectivity index (χ2v) is 1.87. The molecule has 1 aliphatic heterocycles. The van der Waals surface area contributed by atoms with Gasteiger partial charge in [0.05, 0.1) is 0 Å². The molecule has 10 heavy (non-hydrogen) atoms. The Morgan fingerprint density at radius 3 is 2.40 bits per heavy atom. The van der Waals surface area contributed by atoms with Gasteiger partial charge in [-0.15, -0.1) is 0 Å². The van der Waals surface area contributed by atoms with Gasteiger partial charge in [0.25, 0.3) is 0 Å². The Morgan fingerprint density at radius 1 is 1.60 bits per heavy atom. The standard InChI is InChI=1S/C6H9NO.ClH.Na/c1-2-7-5-3-4-6(7)8;;/h2H,1,3-5H2;1H;/q;;+1/p-1. The van der Waals surface area contributed by atoms with Crippen LogP contribution in [0.4, 0.5) is 0 Å². The molecule has 0 unspecified atom stereocenters. The van der Waals surface area contributed by atoms with Crippen LogP contribution in [0, 0.1) is 0 Å². The van der Waals surface area contributed by atoms with E-state index in [9.17, 15) is 4.79 Å². The Balaban J connectivity index is 0. The molecule has 0 aromatic heterocycles. The van der Waals surface area contributed by atoms with Crippen molar-refractivity contribution in [3.05, 3.63) is 12.8 Å². The van der Waals surface area contributed by atoms with Crippen LogP contribution in [-0.2, 0) is 4.79 Å². The minimum Gasteiger partial charge on any atom is -1.00 e. The van der Waals surface area contributed by atoms with Crippen LogP contribution in [-0.4, -0.2) is 17.4 Å². The molecule has 0 N–H and O–H groups in total. The van der Waals surface area contributed by atoms with Crippen LogP contribution in [0.25, 0.3) is 0 Å². The van der Waals surface area contributed by atoms with E-state index in [4.69, 9.17) is 0 Å². The summed E-state index contributed by atoms with van der Waals surface area (Å²) >= 11 is 0. The van der Waals surface area contributed by atoms with E-state index in [1.807, 2.05) is 0 Å². The molecule has 1 rings (SSSR count). The third kappa shape index (κ3) is 3.06. The summed E-state index contributed by atoms with van der Waals surface area (Å²) in [5, 5.41) is 0. The van der Waals surface area contributed by atoms with Crippen molar-refractivity contribution >= 4 is 5.91 Å². The number of nitrogens with zero attached hydrogens (tertiary/aromatic N) is 1. The quantitative estimate of drug-likeness (QED) is 0.360. The summed E-state index contributed by atoms with van der Waals surface area (Å²) in [7, 11) is 0. The van der Waals surface area contributed by atoms with Crippen molar-refractivity contribution in [2.45, 2.75) is 12.8 Å². The number of likely N-dealkylation sites (tertiary alicyclic amines) is 1. The maximum Gasteiger partial charge on any atom is 1.00 e. The molecule has 4 heteroatoms. The van der Waals surface area contributed by atoms with Crippen LogP contribution >= 0.6 is 0 Å². The van der Waals surface area contributed by atoms with E-state index in [-0.39, 0.29) is 47.9 Å². The minimum atomic E-state index is 0. The fourth-order valence-electron chi connectivity index (χ4n) is 0.862. The van der Waals surface area contributed by atoms with E-state index in [2.05, 4.69) is 6.58 Å². The van der Waals surface area contributed by atoms with Gasteiger partial charge in [-0.05, 0) is 12.6 Å². The average Bonchev–Trinajstić information content (AvgIpc) is 2.14. The predicted octanol–water partition coefficient (Wildman–Crippen LogP) is -5.24. The van der Waals surface area contributed by atoms with E-state index in [0.29, 0.717) is 6.42 Å². The van der Waals surface area contributed by atoms with E-state index < -0.39 is 0 Å². The van der Waals surface area contributed by atoms with Gasteiger partial charge in [-0.2, -0.15) is 0 Å². The molecule has 1 heterocycles. The second-order valence-electron chi connectivity index (χ2n) is 1.87. The van der Waals surface area contributed by atoms with E-state index in [1.54, 1.807) is 11.1 Å². The first-order valence-electron chi connectivity index (χ1n) is 2.76. The summed E-state index contributed by atoms with van der Waals surface area (Å²) in [6.45, 7) is 4.36. The fourth-order valence-corrected chi connectivity index (χ4v) is 0.862. The van der Waals surface area contributed by atoms with Crippen LogP contribution in [0.3, 0.4) is 0 Å². The molecule has 0 aromatic carbocycles. The van der Waals surface area contributed by atoms with Gasteiger partial charge in [0.15, 0.2) is 0 Å². The van der Waals surface area contributed by atoms with Gasteiger partial charge >= 0.3 is 29.6 Å². The first-order valence-corrected chi connectivity index (χ1v) is 2.76. The molecule has 52 valence electrons. The van der Waals surface area contributed by atoms with Gasteiger partial charge < -0.3 is 17.3 Å². The van der Waals surface area contributed by atoms with Gasteiger partial charge in [-0.1, -0.05) is 6.58 Å². The summed E-state index contributed by atoms with van der Waals surface area (Å²) in [6, 6.07) is 0. The number of carbonyl (C=O) groups is 1. The Morgan fingerprint density at radius 2 is 2.20 bits per heavy atom. The number of rotatable bonds is 1. The van der Waals surface area contributed by atoms with Crippen molar-refractivity contribution in [3.63, 3.8) is 0 Å². The SMILES string of the molecule is C=CN1CCCC1=O.[Cl-].[Na+]. The smallest absolute Gasteiger partial charge is 1.00 e. The van der Waals surface area contributed by atoms with Crippen LogP contribution in [0.1, 0.15) is 12.8 Å². The zero-order valence-corrected chi connectivity index (χ0v) is 8.90. The molecule has 0 aromatic rings. The molecular weight excluding hydrogens is 161 g/mol. The minimum absolute atomic E-state index is 0. The summed E-state index contributed by atoms with van der Waals surface area (Å²) in [6.07, 6.45) is 3.28. The van der Waals surface area contributed by atoms with E-state index >= 15 is 0 Å². The van der Waals surface area contributed by atoms with Crippen molar-refractivity contribution in [2.24, 2.45) is 0 Å². The van der Waals surface area contributed by atoms with Gasteiger partial charge in [-0.25, -0.2) is 0 Å². The van der Waals surface area contributed by atoms with Gasteiger partial charge in [-0.3, -0.25) is 4.79 Å². The second kappa shape index (κ2) is 6.23. The third-order valence-electron chi connectivity index (χ3n) is 1.33. The number of amides is 1. The number of carbonyl (C=O) groups excluding carboxylic acids is 1. The Labute approximate surface area is 89.4 Å².